The van der Waals surface area contributed by atoms with Gasteiger partial charge in [-0.15, -0.1) is 0 Å². The second kappa shape index (κ2) is 11.0. The van der Waals surface area contributed by atoms with E-state index in [0.717, 1.165) is 11.1 Å². The average molecular weight is 457 g/mol. The van der Waals surface area contributed by atoms with Gasteiger partial charge in [0.05, 0.1) is 8.07 Å². The number of hydrogen-bond acceptors (Lipinski definition) is 0. The molecule has 1 heteroatoms. The number of unbranched alkanes of at least 4 members (excludes halogenated alkanes) is 4. The smallest absolute Gasteiger partial charge is 0.0554 e. The highest BCUT2D eigenvalue weighted by Crippen LogP contribution is 2.55. The van der Waals surface area contributed by atoms with Crippen molar-refractivity contribution >= 4 is 20.2 Å². The van der Waals surface area contributed by atoms with E-state index < -0.39 is 8.07 Å². The topological polar surface area (TPSA) is 0 Å². The fourth-order valence-corrected chi connectivity index (χ4v) is 11.7. The first-order chi connectivity index (χ1) is 16.1. The normalized spacial score (nSPS) is 20.6. The Hall–Kier alpha value is -1.86. The monoisotopic (exact) mass is 456 g/mol. The Labute approximate surface area is 204 Å². The van der Waals surface area contributed by atoms with Gasteiger partial charge in [0.25, 0.3) is 0 Å². The lowest BCUT2D eigenvalue weighted by Gasteiger charge is -2.45. The first-order valence-electron chi connectivity index (χ1n) is 13.6. The van der Waals surface area contributed by atoms with Crippen LogP contribution in [0.5, 0.6) is 0 Å². The molecule has 0 aromatic heterocycles. The van der Waals surface area contributed by atoms with Gasteiger partial charge < -0.3 is 0 Å². The standard InChI is InChI=1S/C32H44Si/c1-5-7-9-19-31(29-23-21-25-15-11-13-17-27(25)29)33(3,4)32(20-10-8-6-2)30-24-22-26-16-12-14-18-28(26)30/h11-18,21-24,29-32H,5-10,19-20H2,1-4H3. The molecule has 0 radical (unpaired) electrons. The van der Waals surface area contributed by atoms with E-state index in [1.807, 2.05) is 0 Å². The van der Waals surface area contributed by atoms with Crippen LogP contribution in [0.4, 0.5) is 0 Å². The van der Waals surface area contributed by atoms with E-state index in [4.69, 9.17) is 0 Å². The summed E-state index contributed by atoms with van der Waals surface area (Å²) in [7, 11) is -1.63. The molecule has 0 spiro atoms. The van der Waals surface area contributed by atoms with E-state index in [0.29, 0.717) is 11.8 Å². The quantitative estimate of drug-likeness (QED) is 0.220. The van der Waals surface area contributed by atoms with Crippen LogP contribution in [0.15, 0.2) is 60.7 Å². The zero-order valence-electron chi connectivity index (χ0n) is 21.4. The molecule has 4 rings (SSSR count). The summed E-state index contributed by atoms with van der Waals surface area (Å²) < 4.78 is 0. The van der Waals surface area contributed by atoms with Crippen LogP contribution in [0.2, 0.25) is 24.2 Å². The molecule has 0 saturated carbocycles. The van der Waals surface area contributed by atoms with Crippen LogP contribution in [0.25, 0.3) is 12.2 Å². The van der Waals surface area contributed by atoms with Crippen LogP contribution in [-0.2, 0) is 0 Å². The molecule has 2 aromatic carbocycles. The zero-order valence-corrected chi connectivity index (χ0v) is 22.4. The lowest BCUT2D eigenvalue weighted by Crippen LogP contribution is -2.42. The molecule has 2 aromatic rings. The summed E-state index contributed by atoms with van der Waals surface area (Å²) >= 11 is 0. The maximum atomic E-state index is 2.75. The molecule has 0 aliphatic heterocycles. The van der Waals surface area contributed by atoms with E-state index in [1.54, 1.807) is 11.1 Å². The van der Waals surface area contributed by atoms with Crippen LogP contribution < -0.4 is 0 Å². The van der Waals surface area contributed by atoms with Gasteiger partial charge in [-0.05, 0) is 33.3 Å². The highest BCUT2D eigenvalue weighted by Gasteiger charge is 2.46. The largest absolute Gasteiger partial charge is 0.0764 e. The number of rotatable bonds is 12. The molecule has 0 heterocycles. The maximum absolute atomic E-state index is 2.75. The fraction of sp³-hybridized carbons (Fsp3) is 0.500. The van der Waals surface area contributed by atoms with Crippen LogP contribution in [-0.4, -0.2) is 8.07 Å². The first kappa shape index (κ1) is 24.3. The van der Waals surface area contributed by atoms with Gasteiger partial charge in [0, 0.05) is 11.8 Å². The van der Waals surface area contributed by atoms with Crippen molar-refractivity contribution in [1.82, 2.24) is 0 Å². The third-order valence-electron chi connectivity index (χ3n) is 8.69. The summed E-state index contributed by atoms with van der Waals surface area (Å²) in [6.07, 6.45) is 20.8. The van der Waals surface area contributed by atoms with Crippen molar-refractivity contribution in [3.8, 4) is 0 Å². The predicted molar refractivity (Wildman–Crippen MR) is 150 cm³/mol. The molecular weight excluding hydrogens is 412 g/mol. The summed E-state index contributed by atoms with van der Waals surface area (Å²) in [6, 6.07) is 18.4. The van der Waals surface area contributed by atoms with Crippen LogP contribution in [0.3, 0.4) is 0 Å². The minimum absolute atomic E-state index is 0.606. The molecule has 4 atom stereocenters. The van der Waals surface area contributed by atoms with Crippen molar-refractivity contribution in [2.24, 2.45) is 0 Å². The van der Waals surface area contributed by atoms with Crippen molar-refractivity contribution in [1.29, 1.82) is 0 Å². The minimum atomic E-state index is -1.63. The molecule has 33 heavy (non-hydrogen) atoms. The first-order valence-corrected chi connectivity index (χ1v) is 16.8. The summed E-state index contributed by atoms with van der Waals surface area (Å²) in [4.78, 5) is 0. The Morgan fingerprint density at radius 3 is 1.48 bits per heavy atom. The summed E-state index contributed by atoms with van der Waals surface area (Å²) in [5.41, 5.74) is 7.71. The van der Waals surface area contributed by atoms with E-state index in [2.05, 4.69) is 99.8 Å². The van der Waals surface area contributed by atoms with Gasteiger partial charge in [0.1, 0.15) is 0 Å². The third-order valence-corrected chi connectivity index (χ3v) is 13.8. The van der Waals surface area contributed by atoms with Gasteiger partial charge in [-0.2, -0.15) is 0 Å². The molecule has 0 bridgehead atoms. The molecule has 2 aliphatic carbocycles. The number of allylic oxidation sites excluding steroid dienone is 2. The average Bonchev–Trinajstić information content (AvgIpc) is 3.44. The molecular formula is C32H44Si. The molecule has 0 N–H and O–H groups in total. The summed E-state index contributed by atoms with van der Waals surface area (Å²) in [5, 5.41) is 0. The number of fused-ring (bicyclic) bond motifs is 2. The van der Waals surface area contributed by atoms with Gasteiger partial charge >= 0.3 is 0 Å². The maximum Gasteiger partial charge on any atom is 0.0554 e. The van der Waals surface area contributed by atoms with Crippen LogP contribution in [0, 0.1) is 0 Å². The summed E-state index contributed by atoms with van der Waals surface area (Å²) in [6.45, 7) is 10.2. The molecule has 0 saturated heterocycles. The van der Waals surface area contributed by atoms with Gasteiger partial charge in [0.15, 0.2) is 0 Å². The Kier molecular flexibility index (Phi) is 8.12. The van der Waals surface area contributed by atoms with E-state index in [-0.39, 0.29) is 0 Å². The van der Waals surface area contributed by atoms with E-state index in [1.165, 1.54) is 62.5 Å². The van der Waals surface area contributed by atoms with Gasteiger partial charge in [-0.3, -0.25) is 0 Å². The Balaban J connectivity index is 1.69. The van der Waals surface area contributed by atoms with Gasteiger partial charge in [-0.1, -0.05) is 151 Å². The van der Waals surface area contributed by atoms with Gasteiger partial charge in [0.2, 0.25) is 0 Å². The lowest BCUT2D eigenvalue weighted by atomic mass is 9.93. The minimum Gasteiger partial charge on any atom is -0.0764 e. The second-order valence-corrected chi connectivity index (χ2v) is 16.2. The molecule has 4 unspecified atom stereocenters. The summed E-state index contributed by atoms with van der Waals surface area (Å²) in [5.74, 6) is 1.21. The van der Waals surface area contributed by atoms with E-state index >= 15 is 0 Å². The van der Waals surface area contributed by atoms with E-state index in [9.17, 15) is 0 Å². The van der Waals surface area contributed by atoms with Crippen molar-refractivity contribution in [3.05, 3.63) is 82.9 Å². The Bertz CT molecular complexity index is 888. The molecule has 0 fully saturated rings. The lowest BCUT2D eigenvalue weighted by molar-refractivity contribution is 0.545. The Morgan fingerprint density at radius 1 is 0.636 bits per heavy atom. The SMILES string of the molecule is CCCCCC(C1C=Cc2ccccc21)[Si](C)(C)C(CCCCC)C1C=Cc2ccccc21. The van der Waals surface area contributed by atoms with Crippen LogP contribution in [0.1, 0.15) is 99.3 Å². The number of hydrogen-bond donors (Lipinski definition) is 0. The molecule has 176 valence electrons. The molecule has 2 aliphatic rings. The second-order valence-electron chi connectivity index (χ2n) is 11.1. The van der Waals surface area contributed by atoms with Crippen molar-refractivity contribution < 1.29 is 0 Å². The Morgan fingerprint density at radius 2 is 1.06 bits per heavy atom. The predicted octanol–water partition coefficient (Wildman–Crippen LogP) is 10.2. The fourth-order valence-electron chi connectivity index (χ4n) is 6.79. The number of benzene rings is 2. The van der Waals surface area contributed by atoms with Crippen molar-refractivity contribution in [2.45, 2.75) is 101 Å². The highest BCUT2D eigenvalue weighted by molar-refractivity contribution is 6.80. The highest BCUT2D eigenvalue weighted by atomic mass is 28.3. The molecule has 0 nitrogen and oxygen atoms in total. The molecule has 0 amide bonds. The third kappa shape index (κ3) is 5.14. The van der Waals surface area contributed by atoms with Gasteiger partial charge in [-0.25, -0.2) is 0 Å². The van der Waals surface area contributed by atoms with Crippen molar-refractivity contribution in [2.75, 3.05) is 0 Å². The van der Waals surface area contributed by atoms with Crippen LogP contribution >= 0.6 is 0 Å². The van der Waals surface area contributed by atoms with Crippen molar-refractivity contribution in [3.63, 3.8) is 0 Å². The zero-order chi connectivity index (χ0) is 23.3.